The van der Waals surface area contributed by atoms with Gasteiger partial charge in [0.1, 0.15) is 18.2 Å². The van der Waals surface area contributed by atoms with E-state index in [1.807, 2.05) is 60.7 Å². The lowest BCUT2D eigenvalue weighted by atomic mass is 10.0. The van der Waals surface area contributed by atoms with E-state index < -0.39 is 0 Å². The average molecular weight is 500 g/mol. The minimum absolute atomic E-state index is 0.185. The van der Waals surface area contributed by atoms with Crippen LogP contribution in [0.15, 0.2) is 96.2 Å². The molecule has 0 atom stereocenters. The summed E-state index contributed by atoms with van der Waals surface area (Å²) in [6.45, 7) is 1.67. The molecule has 0 unspecified atom stereocenters. The van der Waals surface area contributed by atoms with Gasteiger partial charge in [-0.25, -0.2) is 4.39 Å². The van der Waals surface area contributed by atoms with E-state index in [0.717, 1.165) is 51.6 Å². The molecule has 4 aromatic carbocycles. The summed E-state index contributed by atoms with van der Waals surface area (Å²) in [5.74, 6) is 1.39. The Labute approximate surface area is 213 Å². The zero-order chi connectivity index (χ0) is 24.6. The van der Waals surface area contributed by atoms with Crippen molar-refractivity contribution >= 4 is 22.5 Å². The van der Waals surface area contributed by atoms with Crippen LogP contribution < -0.4 is 10.1 Å². The van der Waals surface area contributed by atoms with Crippen LogP contribution in [-0.4, -0.2) is 32.5 Å². The van der Waals surface area contributed by atoms with E-state index in [2.05, 4.69) is 33.0 Å². The summed E-state index contributed by atoms with van der Waals surface area (Å²) in [6, 6.07) is 28.9. The molecule has 8 heteroatoms. The van der Waals surface area contributed by atoms with Crippen LogP contribution in [0, 0.1) is 5.82 Å². The maximum atomic E-state index is 14.1. The first-order valence-electron chi connectivity index (χ1n) is 11.8. The molecule has 0 radical (unpaired) electrons. The molecule has 0 saturated heterocycles. The Kier molecular flexibility index (Phi) is 7.85. The number of aromatic nitrogens is 4. The van der Waals surface area contributed by atoms with Crippen molar-refractivity contribution in [2.45, 2.75) is 24.7 Å². The standard InChI is InChI=1S/C28H26FN5OS/c29-26-14-7-5-10-22(26)20-35-27-16-15-21-9-4-6-13-24(21)25(27)19-30-17-8-18-36-28-31-32-33-34(28)23-11-2-1-3-12-23/h1-7,9-16,30H,8,17-20H2. The number of nitrogens with zero attached hydrogens (tertiary/aromatic N) is 4. The van der Waals surface area contributed by atoms with E-state index in [1.54, 1.807) is 28.6 Å². The van der Waals surface area contributed by atoms with Gasteiger partial charge in [-0.05, 0) is 58.4 Å². The number of para-hydroxylation sites is 1. The second kappa shape index (κ2) is 11.8. The summed E-state index contributed by atoms with van der Waals surface area (Å²) in [5, 5.41) is 18.7. The molecule has 182 valence electrons. The van der Waals surface area contributed by atoms with Crippen LogP contribution in [0.25, 0.3) is 16.5 Å². The lowest BCUT2D eigenvalue weighted by molar-refractivity contribution is 0.296. The molecule has 1 heterocycles. The molecule has 0 bridgehead atoms. The molecule has 0 spiro atoms. The summed E-state index contributed by atoms with van der Waals surface area (Å²) >= 11 is 1.63. The predicted octanol–water partition coefficient (Wildman–Crippen LogP) is 5.81. The average Bonchev–Trinajstić information content (AvgIpc) is 3.39. The van der Waals surface area contributed by atoms with Crippen molar-refractivity contribution in [1.82, 2.24) is 25.5 Å². The number of hydrogen-bond donors (Lipinski definition) is 1. The van der Waals surface area contributed by atoms with Crippen molar-refractivity contribution < 1.29 is 9.13 Å². The van der Waals surface area contributed by atoms with Crippen LogP contribution in [0.4, 0.5) is 4.39 Å². The van der Waals surface area contributed by atoms with Crippen molar-refractivity contribution in [3.8, 4) is 11.4 Å². The van der Waals surface area contributed by atoms with Crippen LogP contribution >= 0.6 is 11.8 Å². The van der Waals surface area contributed by atoms with Crippen molar-refractivity contribution in [2.75, 3.05) is 12.3 Å². The van der Waals surface area contributed by atoms with Crippen molar-refractivity contribution in [3.63, 3.8) is 0 Å². The van der Waals surface area contributed by atoms with Gasteiger partial charge < -0.3 is 10.1 Å². The highest BCUT2D eigenvalue weighted by molar-refractivity contribution is 7.99. The zero-order valence-corrected chi connectivity index (χ0v) is 20.5. The van der Waals surface area contributed by atoms with Gasteiger partial charge in [-0.2, -0.15) is 4.68 Å². The highest BCUT2D eigenvalue weighted by Crippen LogP contribution is 2.29. The topological polar surface area (TPSA) is 64.9 Å². The maximum Gasteiger partial charge on any atom is 0.214 e. The van der Waals surface area contributed by atoms with E-state index in [4.69, 9.17) is 4.74 Å². The maximum absolute atomic E-state index is 14.1. The van der Waals surface area contributed by atoms with Gasteiger partial charge in [0.05, 0.1) is 5.69 Å². The van der Waals surface area contributed by atoms with Gasteiger partial charge in [0.2, 0.25) is 5.16 Å². The Hall–Kier alpha value is -3.75. The number of thioether (sulfide) groups is 1. The van der Waals surface area contributed by atoms with Crippen LogP contribution in [0.3, 0.4) is 0 Å². The highest BCUT2D eigenvalue weighted by atomic mass is 32.2. The normalized spacial score (nSPS) is 11.1. The van der Waals surface area contributed by atoms with E-state index in [1.165, 1.54) is 6.07 Å². The molecule has 5 aromatic rings. The van der Waals surface area contributed by atoms with Crippen LogP contribution in [0.2, 0.25) is 0 Å². The summed E-state index contributed by atoms with van der Waals surface area (Å²) in [5.41, 5.74) is 2.56. The quantitative estimate of drug-likeness (QED) is 0.183. The van der Waals surface area contributed by atoms with E-state index in [9.17, 15) is 4.39 Å². The monoisotopic (exact) mass is 499 g/mol. The summed E-state index contributed by atoms with van der Waals surface area (Å²) in [4.78, 5) is 0. The fraction of sp³-hybridized carbons (Fsp3) is 0.179. The zero-order valence-electron chi connectivity index (χ0n) is 19.7. The third-order valence-electron chi connectivity index (χ3n) is 5.81. The Morgan fingerprint density at radius 3 is 2.58 bits per heavy atom. The van der Waals surface area contributed by atoms with E-state index in [0.29, 0.717) is 12.1 Å². The number of tetrazole rings is 1. The molecule has 0 aliphatic carbocycles. The van der Waals surface area contributed by atoms with Gasteiger partial charge in [0.25, 0.3) is 0 Å². The smallest absolute Gasteiger partial charge is 0.214 e. The first kappa shape index (κ1) is 24.0. The van der Waals surface area contributed by atoms with E-state index in [-0.39, 0.29) is 12.4 Å². The van der Waals surface area contributed by atoms with Gasteiger partial charge in [-0.15, -0.1) is 5.10 Å². The molecule has 1 aromatic heterocycles. The van der Waals surface area contributed by atoms with Gasteiger partial charge in [-0.1, -0.05) is 78.5 Å². The minimum atomic E-state index is -0.256. The molecule has 36 heavy (non-hydrogen) atoms. The third-order valence-corrected chi connectivity index (χ3v) is 6.82. The molecule has 0 aliphatic heterocycles. The Morgan fingerprint density at radius 2 is 1.69 bits per heavy atom. The number of nitrogens with one attached hydrogen (secondary N) is 1. The fourth-order valence-electron chi connectivity index (χ4n) is 3.98. The summed E-state index contributed by atoms with van der Waals surface area (Å²) < 4.78 is 21.9. The summed E-state index contributed by atoms with van der Waals surface area (Å²) in [7, 11) is 0. The van der Waals surface area contributed by atoms with Crippen LogP contribution in [-0.2, 0) is 13.2 Å². The van der Waals surface area contributed by atoms with Crippen molar-refractivity contribution in [3.05, 3.63) is 108 Å². The first-order chi connectivity index (χ1) is 17.8. The molecule has 1 N–H and O–H groups in total. The number of hydrogen-bond acceptors (Lipinski definition) is 6. The largest absolute Gasteiger partial charge is 0.488 e. The fourth-order valence-corrected chi connectivity index (χ4v) is 4.81. The molecule has 0 fully saturated rings. The molecular formula is C28H26FN5OS. The Bertz CT molecular complexity index is 1430. The van der Waals surface area contributed by atoms with E-state index >= 15 is 0 Å². The lowest BCUT2D eigenvalue weighted by Gasteiger charge is -2.15. The molecule has 0 saturated carbocycles. The SMILES string of the molecule is Fc1ccccc1COc1ccc2ccccc2c1CNCCCSc1nnnn1-c1ccccc1. The van der Waals surface area contributed by atoms with Crippen molar-refractivity contribution in [1.29, 1.82) is 0 Å². The second-order valence-corrected chi connectivity index (χ2v) is 9.29. The number of ether oxygens (including phenoxy) is 1. The Balaban J connectivity index is 1.19. The Morgan fingerprint density at radius 1 is 0.889 bits per heavy atom. The van der Waals surface area contributed by atoms with Crippen LogP contribution in [0.5, 0.6) is 5.75 Å². The second-order valence-electron chi connectivity index (χ2n) is 8.23. The molecule has 5 rings (SSSR count). The predicted molar refractivity (Wildman–Crippen MR) is 141 cm³/mol. The molecular weight excluding hydrogens is 473 g/mol. The van der Waals surface area contributed by atoms with Crippen LogP contribution in [0.1, 0.15) is 17.5 Å². The molecule has 6 nitrogen and oxygen atoms in total. The minimum Gasteiger partial charge on any atom is -0.488 e. The molecule has 0 amide bonds. The van der Waals surface area contributed by atoms with Gasteiger partial charge >= 0.3 is 0 Å². The molecule has 0 aliphatic rings. The van der Waals surface area contributed by atoms with Gasteiger partial charge in [0, 0.05) is 23.4 Å². The van der Waals surface area contributed by atoms with Crippen molar-refractivity contribution in [2.24, 2.45) is 0 Å². The highest BCUT2D eigenvalue weighted by Gasteiger charge is 2.11. The first-order valence-corrected chi connectivity index (χ1v) is 12.8. The number of halogens is 1. The lowest BCUT2D eigenvalue weighted by Crippen LogP contribution is -2.16. The number of benzene rings is 4. The third kappa shape index (κ3) is 5.72. The van der Waals surface area contributed by atoms with Gasteiger partial charge in [-0.3, -0.25) is 0 Å². The van der Waals surface area contributed by atoms with Gasteiger partial charge in [0.15, 0.2) is 0 Å². The summed E-state index contributed by atoms with van der Waals surface area (Å²) in [6.07, 6.45) is 0.947. The number of fused-ring (bicyclic) bond motifs is 1. The number of rotatable bonds is 11.